The third-order valence-electron chi connectivity index (χ3n) is 3.64. The average Bonchev–Trinajstić information content (AvgIpc) is 3.00. The predicted octanol–water partition coefficient (Wildman–Crippen LogP) is 2.27. The number of aromatic nitrogens is 4. The van der Waals surface area contributed by atoms with Gasteiger partial charge in [-0.2, -0.15) is 5.10 Å². The van der Waals surface area contributed by atoms with Crippen LogP contribution in [0.2, 0.25) is 0 Å². The second-order valence-electron chi connectivity index (χ2n) is 4.84. The van der Waals surface area contributed by atoms with Crippen molar-refractivity contribution >= 4 is 11.6 Å². The minimum Gasteiger partial charge on any atom is -0.339 e. The van der Waals surface area contributed by atoms with Crippen LogP contribution in [-0.2, 0) is 0 Å². The molecule has 0 spiro atoms. The summed E-state index contributed by atoms with van der Waals surface area (Å²) in [5.41, 5.74) is 2.88. The first-order valence-corrected chi connectivity index (χ1v) is 7.28. The molecule has 3 heterocycles. The van der Waals surface area contributed by atoms with Gasteiger partial charge in [0.2, 0.25) is 0 Å². The number of hydrogen-bond donors (Lipinski definition) is 0. The maximum atomic E-state index is 12.6. The number of pyridine rings is 1. The summed E-state index contributed by atoms with van der Waals surface area (Å²) in [6.45, 7) is 5.24. The van der Waals surface area contributed by atoms with Gasteiger partial charge in [-0.05, 0) is 32.0 Å². The SMILES string of the molecule is CCN(CC)C(=O)c1cnn2c(-c3cccnc3)ccnc12. The Balaban J connectivity index is 2.12. The van der Waals surface area contributed by atoms with Crippen molar-refractivity contribution in [3.8, 4) is 11.3 Å². The summed E-state index contributed by atoms with van der Waals surface area (Å²) in [5, 5.41) is 4.35. The highest BCUT2D eigenvalue weighted by Crippen LogP contribution is 2.20. The number of fused-ring (bicyclic) bond motifs is 1. The van der Waals surface area contributed by atoms with E-state index in [2.05, 4.69) is 15.1 Å². The van der Waals surface area contributed by atoms with Crippen LogP contribution < -0.4 is 0 Å². The zero-order valence-electron chi connectivity index (χ0n) is 12.6. The zero-order chi connectivity index (χ0) is 15.5. The predicted molar refractivity (Wildman–Crippen MR) is 83.5 cm³/mol. The Kier molecular flexibility index (Phi) is 3.82. The summed E-state index contributed by atoms with van der Waals surface area (Å²) in [7, 11) is 0. The first-order chi connectivity index (χ1) is 10.8. The summed E-state index contributed by atoms with van der Waals surface area (Å²) in [5.74, 6) is -0.0455. The van der Waals surface area contributed by atoms with E-state index in [0.29, 0.717) is 24.3 Å². The summed E-state index contributed by atoms with van der Waals surface area (Å²) in [4.78, 5) is 22.8. The van der Waals surface area contributed by atoms with E-state index in [4.69, 9.17) is 0 Å². The highest BCUT2D eigenvalue weighted by atomic mass is 16.2. The molecule has 0 aliphatic heterocycles. The van der Waals surface area contributed by atoms with Gasteiger partial charge in [0, 0.05) is 37.2 Å². The fourth-order valence-corrected chi connectivity index (χ4v) is 2.46. The van der Waals surface area contributed by atoms with Gasteiger partial charge in [-0.15, -0.1) is 0 Å². The van der Waals surface area contributed by atoms with Crippen LogP contribution in [0.5, 0.6) is 0 Å². The molecule has 0 fully saturated rings. The lowest BCUT2D eigenvalue weighted by atomic mass is 10.2. The maximum absolute atomic E-state index is 12.6. The number of hydrogen-bond acceptors (Lipinski definition) is 4. The van der Waals surface area contributed by atoms with Crippen LogP contribution in [0.1, 0.15) is 24.2 Å². The van der Waals surface area contributed by atoms with Crippen molar-refractivity contribution in [2.75, 3.05) is 13.1 Å². The number of amides is 1. The van der Waals surface area contributed by atoms with Gasteiger partial charge in [0.05, 0.1) is 11.9 Å². The molecule has 0 bridgehead atoms. The fourth-order valence-electron chi connectivity index (χ4n) is 2.46. The van der Waals surface area contributed by atoms with Crippen molar-refractivity contribution in [2.24, 2.45) is 0 Å². The Hall–Kier alpha value is -2.76. The number of carbonyl (C=O) groups is 1. The Morgan fingerprint density at radius 3 is 2.68 bits per heavy atom. The van der Waals surface area contributed by atoms with Crippen molar-refractivity contribution in [1.82, 2.24) is 24.5 Å². The van der Waals surface area contributed by atoms with Crippen LogP contribution in [0.25, 0.3) is 16.9 Å². The van der Waals surface area contributed by atoms with E-state index in [1.807, 2.05) is 32.0 Å². The molecule has 112 valence electrons. The Morgan fingerprint density at radius 1 is 1.18 bits per heavy atom. The van der Waals surface area contributed by atoms with Crippen molar-refractivity contribution in [3.05, 3.63) is 48.5 Å². The van der Waals surface area contributed by atoms with Gasteiger partial charge in [-0.3, -0.25) is 9.78 Å². The van der Waals surface area contributed by atoms with Crippen LogP contribution in [0.3, 0.4) is 0 Å². The van der Waals surface area contributed by atoms with Gasteiger partial charge in [0.15, 0.2) is 5.65 Å². The third kappa shape index (κ3) is 2.32. The summed E-state index contributed by atoms with van der Waals surface area (Å²) in [6, 6.07) is 5.69. The molecular formula is C16H17N5O. The van der Waals surface area contributed by atoms with Gasteiger partial charge >= 0.3 is 0 Å². The van der Waals surface area contributed by atoms with Gasteiger partial charge in [-0.1, -0.05) is 0 Å². The van der Waals surface area contributed by atoms with Crippen molar-refractivity contribution in [2.45, 2.75) is 13.8 Å². The molecule has 3 rings (SSSR count). The second kappa shape index (κ2) is 5.93. The number of rotatable bonds is 4. The summed E-state index contributed by atoms with van der Waals surface area (Å²) >= 11 is 0. The first-order valence-electron chi connectivity index (χ1n) is 7.28. The maximum Gasteiger partial charge on any atom is 0.259 e. The molecule has 0 atom stereocenters. The standard InChI is InChI=1S/C16H17N5O/c1-3-20(4-2)16(22)13-11-19-21-14(7-9-18-15(13)21)12-6-5-8-17-10-12/h5-11H,3-4H2,1-2H3. The molecule has 0 unspecified atom stereocenters. The zero-order valence-corrected chi connectivity index (χ0v) is 12.6. The van der Waals surface area contributed by atoms with Crippen LogP contribution in [-0.4, -0.2) is 43.5 Å². The van der Waals surface area contributed by atoms with Crippen molar-refractivity contribution < 1.29 is 4.79 Å². The highest BCUT2D eigenvalue weighted by Gasteiger charge is 2.19. The molecule has 0 radical (unpaired) electrons. The number of nitrogens with zero attached hydrogens (tertiary/aromatic N) is 5. The Labute approximate surface area is 128 Å². The van der Waals surface area contributed by atoms with Gasteiger partial charge < -0.3 is 4.90 Å². The van der Waals surface area contributed by atoms with E-state index < -0.39 is 0 Å². The molecule has 3 aromatic heterocycles. The lowest BCUT2D eigenvalue weighted by Gasteiger charge is -2.17. The van der Waals surface area contributed by atoms with Crippen LogP contribution >= 0.6 is 0 Å². The lowest BCUT2D eigenvalue weighted by Crippen LogP contribution is -2.30. The van der Waals surface area contributed by atoms with Gasteiger partial charge in [-0.25, -0.2) is 9.50 Å². The molecule has 0 N–H and O–H groups in total. The molecule has 0 saturated heterocycles. The van der Waals surface area contributed by atoms with Crippen LogP contribution in [0.4, 0.5) is 0 Å². The monoisotopic (exact) mass is 295 g/mol. The van der Waals surface area contributed by atoms with E-state index in [9.17, 15) is 4.79 Å². The highest BCUT2D eigenvalue weighted by molar-refractivity contribution is 5.99. The fraction of sp³-hybridized carbons (Fsp3) is 0.250. The smallest absolute Gasteiger partial charge is 0.259 e. The summed E-state index contributed by atoms with van der Waals surface area (Å²) < 4.78 is 1.69. The van der Waals surface area contributed by atoms with Crippen LogP contribution in [0, 0.1) is 0 Å². The summed E-state index contributed by atoms with van der Waals surface area (Å²) in [6.07, 6.45) is 6.77. The molecule has 0 aliphatic rings. The number of carbonyl (C=O) groups excluding carboxylic acids is 1. The van der Waals surface area contributed by atoms with E-state index in [1.54, 1.807) is 34.2 Å². The average molecular weight is 295 g/mol. The van der Waals surface area contributed by atoms with E-state index in [0.717, 1.165) is 11.3 Å². The molecule has 1 amide bonds. The largest absolute Gasteiger partial charge is 0.339 e. The third-order valence-corrected chi connectivity index (χ3v) is 3.64. The van der Waals surface area contributed by atoms with Gasteiger partial charge in [0.1, 0.15) is 5.56 Å². The molecule has 6 nitrogen and oxygen atoms in total. The first kappa shape index (κ1) is 14.2. The van der Waals surface area contributed by atoms with Crippen molar-refractivity contribution in [1.29, 1.82) is 0 Å². The topological polar surface area (TPSA) is 63.4 Å². The van der Waals surface area contributed by atoms with Gasteiger partial charge in [0.25, 0.3) is 5.91 Å². The minimum atomic E-state index is -0.0455. The molecule has 22 heavy (non-hydrogen) atoms. The van der Waals surface area contributed by atoms with E-state index in [-0.39, 0.29) is 5.91 Å². The van der Waals surface area contributed by atoms with E-state index >= 15 is 0 Å². The molecular weight excluding hydrogens is 278 g/mol. The normalized spacial score (nSPS) is 10.8. The van der Waals surface area contributed by atoms with Crippen molar-refractivity contribution in [3.63, 3.8) is 0 Å². The minimum absolute atomic E-state index is 0.0455. The molecule has 3 aromatic rings. The second-order valence-corrected chi connectivity index (χ2v) is 4.84. The Morgan fingerprint density at radius 2 is 2.00 bits per heavy atom. The van der Waals surface area contributed by atoms with Crippen LogP contribution in [0.15, 0.2) is 43.0 Å². The molecule has 0 aromatic carbocycles. The Bertz CT molecular complexity index is 793. The molecule has 0 aliphatic carbocycles. The molecule has 6 heteroatoms. The van der Waals surface area contributed by atoms with E-state index in [1.165, 1.54) is 0 Å². The lowest BCUT2D eigenvalue weighted by molar-refractivity contribution is 0.0774. The quantitative estimate of drug-likeness (QED) is 0.740. The molecule has 0 saturated carbocycles.